The smallest absolute Gasteiger partial charge is 0.242 e. The Kier molecular flexibility index (Phi) is 10.0. The largest absolute Gasteiger partial charge is 0.352 e. The van der Waals surface area contributed by atoms with Gasteiger partial charge < -0.3 is 10.2 Å². The van der Waals surface area contributed by atoms with Gasteiger partial charge in [0.1, 0.15) is 6.04 Å². The van der Waals surface area contributed by atoms with Crippen LogP contribution in [0.5, 0.6) is 0 Å². The SMILES string of the molecule is CCC(C)NC(=O)C(C)N(Cc1c(Cl)cccc1Cl)C(=O)CCSc1ccccc1. The van der Waals surface area contributed by atoms with Crippen molar-refractivity contribution in [2.75, 3.05) is 5.75 Å². The van der Waals surface area contributed by atoms with Crippen molar-refractivity contribution in [1.82, 2.24) is 10.2 Å². The van der Waals surface area contributed by atoms with Gasteiger partial charge in [0.05, 0.1) is 0 Å². The van der Waals surface area contributed by atoms with Gasteiger partial charge in [-0.3, -0.25) is 9.59 Å². The lowest BCUT2D eigenvalue weighted by Gasteiger charge is -2.30. The predicted molar refractivity (Wildman–Crippen MR) is 126 cm³/mol. The van der Waals surface area contributed by atoms with Crippen LogP contribution in [0.4, 0.5) is 0 Å². The monoisotopic (exact) mass is 466 g/mol. The first-order valence-corrected chi connectivity index (χ1v) is 11.8. The number of halogens is 2. The number of hydrogen-bond acceptors (Lipinski definition) is 3. The van der Waals surface area contributed by atoms with E-state index in [1.165, 1.54) is 0 Å². The van der Waals surface area contributed by atoms with Crippen LogP contribution in [0.1, 0.15) is 39.2 Å². The van der Waals surface area contributed by atoms with Gasteiger partial charge in [0.25, 0.3) is 0 Å². The van der Waals surface area contributed by atoms with Crippen molar-refractivity contribution in [2.45, 2.75) is 57.1 Å². The van der Waals surface area contributed by atoms with Crippen molar-refractivity contribution in [3.05, 3.63) is 64.1 Å². The summed E-state index contributed by atoms with van der Waals surface area (Å²) < 4.78 is 0. The molecule has 7 heteroatoms. The first kappa shape index (κ1) is 24.6. The first-order chi connectivity index (χ1) is 14.3. The van der Waals surface area contributed by atoms with E-state index in [1.807, 2.05) is 44.2 Å². The maximum absolute atomic E-state index is 13.1. The lowest BCUT2D eigenvalue weighted by Crippen LogP contribution is -2.49. The average Bonchev–Trinajstić information content (AvgIpc) is 2.73. The van der Waals surface area contributed by atoms with Crippen molar-refractivity contribution in [1.29, 1.82) is 0 Å². The number of thioether (sulfide) groups is 1. The van der Waals surface area contributed by atoms with Gasteiger partial charge in [0.15, 0.2) is 0 Å². The molecule has 0 fully saturated rings. The van der Waals surface area contributed by atoms with Gasteiger partial charge in [-0.15, -0.1) is 11.8 Å². The molecule has 4 nitrogen and oxygen atoms in total. The Morgan fingerprint density at radius 1 is 1.03 bits per heavy atom. The summed E-state index contributed by atoms with van der Waals surface area (Å²) in [6.45, 7) is 5.87. The molecule has 1 N–H and O–H groups in total. The summed E-state index contributed by atoms with van der Waals surface area (Å²) >= 11 is 14.3. The number of carbonyl (C=O) groups excluding carboxylic acids is 2. The van der Waals surface area contributed by atoms with Crippen molar-refractivity contribution in [2.24, 2.45) is 0 Å². The molecule has 0 radical (unpaired) electrons. The van der Waals surface area contributed by atoms with Gasteiger partial charge in [-0.2, -0.15) is 0 Å². The first-order valence-electron chi connectivity index (χ1n) is 10.0. The molecule has 2 atom stereocenters. The molecule has 0 aliphatic carbocycles. The average molecular weight is 467 g/mol. The molecule has 2 amide bonds. The van der Waals surface area contributed by atoms with Gasteiger partial charge in [0.2, 0.25) is 11.8 Å². The van der Waals surface area contributed by atoms with E-state index in [1.54, 1.807) is 41.8 Å². The third kappa shape index (κ3) is 7.22. The van der Waals surface area contributed by atoms with Crippen LogP contribution in [-0.4, -0.2) is 34.6 Å². The molecule has 2 rings (SSSR count). The van der Waals surface area contributed by atoms with Crippen LogP contribution in [0.15, 0.2) is 53.4 Å². The maximum Gasteiger partial charge on any atom is 0.242 e. The summed E-state index contributed by atoms with van der Waals surface area (Å²) in [4.78, 5) is 28.5. The zero-order chi connectivity index (χ0) is 22.1. The van der Waals surface area contributed by atoms with Crippen LogP contribution in [0, 0.1) is 0 Å². The number of rotatable bonds is 10. The summed E-state index contributed by atoms with van der Waals surface area (Å²) in [7, 11) is 0. The number of benzene rings is 2. The Hall–Kier alpha value is -1.69. The highest BCUT2D eigenvalue weighted by Gasteiger charge is 2.27. The van der Waals surface area contributed by atoms with Crippen LogP contribution in [0.25, 0.3) is 0 Å². The zero-order valence-electron chi connectivity index (χ0n) is 17.5. The molecule has 0 aliphatic rings. The highest BCUT2D eigenvalue weighted by molar-refractivity contribution is 7.99. The Balaban J connectivity index is 2.14. The molecule has 0 spiro atoms. The standard InChI is InChI=1S/C23H28Cl2N2O2S/c1-4-16(2)26-23(29)17(3)27(15-19-20(24)11-8-12-21(19)25)22(28)13-14-30-18-9-6-5-7-10-18/h5-12,16-17H,4,13-15H2,1-3H3,(H,26,29). The molecule has 0 aromatic heterocycles. The number of amides is 2. The molecule has 2 aromatic rings. The minimum absolute atomic E-state index is 0.0365. The minimum atomic E-state index is -0.638. The van der Waals surface area contributed by atoms with Gasteiger partial charge in [-0.1, -0.05) is 54.4 Å². The molecule has 0 bridgehead atoms. The Morgan fingerprint density at radius 2 is 1.67 bits per heavy atom. The summed E-state index contributed by atoms with van der Waals surface area (Å²) in [6.07, 6.45) is 1.12. The van der Waals surface area contributed by atoms with E-state index >= 15 is 0 Å². The number of nitrogens with one attached hydrogen (secondary N) is 1. The third-order valence-corrected chi connectivity index (χ3v) is 6.61. The molecule has 0 saturated carbocycles. The van der Waals surface area contributed by atoms with Gasteiger partial charge in [0, 0.05) is 45.3 Å². The topological polar surface area (TPSA) is 49.4 Å². The Bertz CT molecular complexity index is 828. The Morgan fingerprint density at radius 3 is 2.27 bits per heavy atom. The van der Waals surface area contributed by atoms with Crippen LogP contribution >= 0.6 is 35.0 Å². The summed E-state index contributed by atoms with van der Waals surface area (Å²) in [5, 5.41) is 3.92. The van der Waals surface area contributed by atoms with Crippen molar-refractivity contribution in [3.8, 4) is 0 Å². The highest BCUT2D eigenvalue weighted by atomic mass is 35.5. The van der Waals surface area contributed by atoms with Crippen LogP contribution < -0.4 is 5.32 Å². The molecule has 0 aliphatic heterocycles. The second-order valence-corrected chi connectivity index (χ2v) is 9.11. The summed E-state index contributed by atoms with van der Waals surface area (Å²) in [5.74, 6) is 0.327. The van der Waals surface area contributed by atoms with E-state index in [0.29, 0.717) is 27.8 Å². The van der Waals surface area contributed by atoms with Gasteiger partial charge in [-0.05, 0) is 44.5 Å². The van der Waals surface area contributed by atoms with Gasteiger partial charge >= 0.3 is 0 Å². The maximum atomic E-state index is 13.1. The van der Waals surface area contributed by atoms with E-state index in [0.717, 1.165) is 11.3 Å². The fourth-order valence-corrected chi connectivity index (χ4v) is 4.20. The van der Waals surface area contributed by atoms with Gasteiger partial charge in [-0.25, -0.2) is 0 Å². The molecule has 162 valence electrons. The summed E-state index contributed by atoms with van der Waals surface area (Å²) in [5.41, 5.74) is 0.646. The number of nitrogens with zero attached hydrogens (tertiary/aromatic N) is 1. The fourth-order valence-electron chi connectivity index (χ4n) is 2.82. The molecular formula is C23H28Cl2N2O2S. The minimum Gasteiger partial charge on any atom is -0.352 e. The lowest BCUT2D eigenvalue weighted by molar-refractivity contribution is -0.140. The molecule has 0 heterocycles. The van der Waals surface area contributed by atoms with Crippen molar-refractivity contribution in [3.63, 3.8) is 0 Å². The van der Waals surface area contributed by atoms with E-state index in [2.05, 4.69) is 5.32 Å². The van der Waals surface area contributed by atoms with Crippen LogP contribution in [-0.2, 0) is 16.1 Å². The van der Waals surface area contributed by atoms with Crippen LogP contribution in [0.2, 0.25) is 10.0 Å². The molecule has 0 saturated heterocycles. The normalized spacial score (nSPS) is 12.8. The number of carbonyl (C=O) groups is 2. The zero-order valence-corrected chi connectivity index (χ0v) is 19.9. The number of hydrogen-bond donors (Lipinski definition) is 1. The molecular weight excluding hydrogens is 439 g/mol. The van der Waals surface area contributed by atoms with E-state index < -0.39 is 6.04 Å². The lowest BCUT2D eigenvalue weighted by atomic mass is 10.1. The molecule has 2 aromatic carbocycles. The second-order valence-electron chi connectivity index (χ2n) is 7.13. The van der Waals surface area contributed by atoms with E-state index in [9.17, 15) is 9.59 Å². The third-order valence-electron chi connectivity index (χ3n) is 4.89. The van der Waals surface area contributed by atoms with Crippen LogP contribution in [0.3, 0.4) is 0 Å². The predicted octanol–water partition coefficient (Wildman–Crippen LogP) is 5.81. The highest BCUT2D eigenvalue weighted by Crippen LogP contribution is 2.27. The summed E-state index contributed by atoms with van der Waals surface area (Å²) in [6, 6.07) is 14.6. The fraction of sp³-hybridized carbons (Fsp3) is 0.391. The van der Waals surface area contributed by atoms with Crippen molar-refractivity contribution < 1.29 is 9.59 Å². The second kappa shape index (κ2) is 12.2. The Labute approximate surface area is 193 Å². The van der Waals surface area contributed by atoms with Crippen molar-refractivity contribution >= 4 is 46.8 Å². The van der Waals surface area contributed by atoms with E-state index in [4.69, 9.17) is 23.2 Å². The molecule has 2 unspecified atom stereocenters. The van der Waals surface area contributed by atoms with E-state index in [-0.39, 0.29) is 24.4 Å². The molecule has 30 heavy (non-hydrogen) atoms. The quantitative estimate of drug-likeness (QED) is 0.449.